The maximum Gasteiger partial charge on any atom is 0.339 e. The van der Waals surface area contributed by atoms with Crippen LogP contribution < -0.4 is 0 Å². The Morgan fingerprint density at radius 2 is 2.04 bits per heavy atom. The summed E-state index contributed by atoms with van der Waals surface area (Å²) in [6.07, 6.45) is 4.71. The number of rotatable bonds is 2. The molecule has 5 nitrogen and oxygen atoms in total. The molecule has 132 valence electrons. The molecule has 3 aliphatic rings. The largest absolute Gasteiger partial charge is 0.453 e. The summed E-state index contributed by atoms with van der Waals surface area (Å²) in [5.74, 6) is -0.508. The maximum absolute atomic E-state index is 12.5. The van der Waals surface area contributed by atoms with Crippen LogP contribution in [0.25, 0.3) is 0 Å². The highest BCUT2D eigenvalue weighted by molar-refractivity contribution is 5.97. The van der Waals surface area contributed by atoms with E-state index in [4.69, 9.17) is 9.47 Å². The van der Waals surface area contributed by atoms with Gasteiger partial charge in [-0.1, -0.05) is 19.9 Å². The second kappa shape index (κ2) is 5.83. The molecule has 0 N–H and O–H groups in total. The Morgan fingerprint density at radius 3 is 2.68 bits per heavy atom. The lowest BCUT2D eigenvalue weighted by Gasteiger charge is -2.47. The number of allylic oxidation sites excluding steroid dienone is 3. The Labute approximate surface area is 147 Å². The van der Waals surface area contributed by atoms with Crippen LogP contribution in [-0.4, -0.2) is 23.8 Å². The molecule has 5 heteroatoms. The van der Waals surface area contributed by atoms with Gasteiger partial charge in [0.2, 0.25) is 0 Å². The van der Waals surface area contributed by atoms with Gasteiger partial charge in [0.1, 0.15) is 11.9 Å². The smallest absolute Gasteiger partial charge is 0.339 e. The first-order chi connectivity index (χ1) is 11.7. The predicted octanol–water partition coefficient (Wildman–Crippen LogP) is 3.18. The fourth-order valence-corrected chi connectivity index (χ4v) is 3.69. The van der Waals surface area contributed by atoms with E-state index in [9.17, 15) is 14.4 Å². The zero-order valence-electron chi connectivity index (χ0n) is 15.1. The molecule has 1 heterocycles. The van der Waals surface area contributed by atoms with Crippen LogP contribution in [-0.2, 0) is 23.9 Å². The zero-order valence-corrected chi connectivity index (χ0v) is 15.1. The molecule has 0 radical (unpaired) electrons. The van der Waals surface area contributed by atoms with Crippen LogP contribution in [0.5, 0.6) is 0 Å². The summed E-state index contributed by atoms with van der Waals surface area (Å²) in [5.41, 5.74) is 1.71. The normalized spacial score (nSPS) is 31.8. The summed E-state index contributed by atoms with van der Waals surface area (Å²) in [6.45, 7) is 9.09. The van der Waals surface area contributed by atoms with Crippen molar-refractivity contribution in [3.8, 4) is 0 Å². The van der Waals surface area contributed by atoms with Gasteiger partial charge in [0.05, 0.1) is 0 Å². The van der Waals surface area contributed by atoms with Crippen LogP contribution in [0.15, 0.2) is 46.3 Å². The molecule has 0 bridgehead atoms. The number of carbonyl (C=O) groups is 3. The molecular weight excluding hydrogens is 320 g/mol. The van der Waals surface area contributed by atoms with E-state index in [-0.39, 0.29) is 11.7 Å². The zero-order chi connectivity index (χ0) is 18.5. The van der Waals surface area contributed by atoms with Gasteiger partial charge in [-0.25, -0.2) is 9.59 Å². The van der Waals surface area contributed by atoms with Crippen molar-refractivity contribution in [3.63, 3.8) is 0 Å². The highest BCUT2D eigenvalue weighted by Gasteiger charge is 2.54. The van der Waals surface area contributed by atoms with Crippen molar-refractivity contribution in [1.29, 1.82) is 0 Å². The summed E-state index contributed by atoms with van der Waals surface area (Å²) in [5, 5.41) is 0. The standard InChI is InChI=1S/C20H22O5/c1-6-10(2)18(22)25-17-16-12(4)19(23)24-15(16)9-13-8-14(21)7-11(3)20(13,17)5/h6,8-9,11,17H,7H2,1-5H3. The summed E-state index contributed by atoms with van der Waals surface area (Å²) in [6, 6.07) is 0. The van der Waals surface area contributed by atoms with Gasteiger partial charge in [-0.2, -0.15) is 0 Å². The molecule has 2 aliphatic carbocycles. The monoisotopic (exact) mass is 342 g/mol. The summed E-state index contributed by atoms with van der Waals surface area (Å²) in [4.78, 5) is 36.6. The first kappa shape index (κ1) is 17.4. The van der Waals surface area contributed by atoms with Crippen LogP contribution >= 0.6 is 0 Å². The maximum atomic E-state index is 12.5. The van der Waals surface area contributed by atoms with E-state index in [2.05, 4.69) is 0 Å². The van der Waals surface area contributed by atoms with Gasteiger partial charge in [0.25, 0.3) is 0 Å². The van der Waals surface area contributed by atoms with Gasteiger partial charge in [0.15, 0.2) is 5.78 Å². The molecule has 0 aromatic rings. The van der Waals surface area contributed by atoms with Crippen LogP contribution in [0.3, 0.4) is 0 Å². The number of hydrogen-bond donors (Lipinski definition) is 0. The molecule has 25 heavy (non-hydrogen) atoms. The molecule has 0 fully saturated rings. The van der Waals surface area contributed by atoms with E-state index >= 15 is 0 Å². The van der Waals surface area contributed by atoms with Crippen molar-refractivity contribution in [3.05, 3.63) is 46.3 Å². The lowest BCUT2D eigenvalue weighted by atomic mass is 9.59. The number of carbonyl (C=O) groups excluding carboxylic acids is 3. The molecule has 0 aromatic carbocycles. The highest BCUT2D eigenvalue weighted by Crippen LogP contribution is 2.54. The Hall–Kier alpha value is -2.43. The number of hydrogen-bond acceptors (Lipinski definition) is 5. The fourth-order valence-electron chi connectivity index (χ4n) is 3.69. The molecule has 0 amide bonds. The molecule has 0 saturated carbocycles. The van der Waals surface area contributed by atoms with Crippen molar-refractivity contribution in [1.82, 2.24) is 0 Å². The third-order valence-electron chi connectivity index (χ3n) is 5.72. The fraction of sp³-hybridized carbons (Fsp3) is 0.450. The van der Waals surface area contributed by atoms with Crippen molar-refractivity contribution < 1.29 is 23.9 Å². The number of esters is 2. The first-order valence-electron chi connectivity index (χ1n) is 8.44. The van der Waals surface area contributed by atoms with Crippen molar-refractivity contribution in [2.24, 2.45) is 11.3 Å². The van der Waals surface area contributed by atoms with E-state index in [1.165, 1.54) is 0 Å². The topological polar surface area (TPSA) is 69.7 Å². The van der Waals surface area contributed by atoms with Crippen molar-refractivity contribution in [2.75, 3.05) is 0 Å². The second-order valence-electron chi connectivity index (χ2n) is 7.15. The van der Waals surface area contributed by atoms with Gasteiger partial charge >= 0.3 is 11.9 Å². The van der Waals surface area contributed by atoms with E-state index in [0.29, 0.717) is 28.9 Å². The first-order valence-corrected chi connectivity index (χ1v) is 8.44. The molecule has 1 aliphatic heterocycles. The quantitative estimate of drug-likeness (QED) is 0.569. The van der Waals surface area contributed by atoms with Crippen LogP contribution in [0.1, 0.15) is 41.0 Å². The third-order valence-corrected chi connectivity index (χ3v) is 5.72. The second-order valence-corrected chi connectivity index (χ2v) is 7.15. The number of ether oxygens (including phenoxy) is 2. The van der Waals surface area contributed by atoms with Gasteiger partial charge in [-0.3, -0.25) is 4.79 Å². The SMILES string of the molecule is CC=C(C)C(=O)OC1C2=C(C)C(=O)OC2=CC2=CC(=O)CC(C)C21C. The Bertz CT molecular complexity index is 808. The Balaban J connectivity index is 2.19. The lowest BCUT2D eigenvalue weighted by Crippen LogP contribution is -2.48. The number of fused-ring (bicyclic) bond motifs is 2. The summed E-state index contributed by atoms with van der Waals surface area (Å²) in [7, 11) is 0. The average Bonchev–Trinajstić information content (AvgIpc) is 2.83. The summed E-state index contributed by atoms with van der Waals surface area (Å²) < 4.78 is 11.2. The minimum absolute atomic E-state index is 0.0278. The third kappa shape index (κ3) is 2.49. The molecule has 0 aromatic heterocycles. The van der Waals surface area contributed by atoms with E-state index in [1.54, 1.807) is 39.0 Å². The molecule has 0 spiro atoms. The predicted molar refractivity (Wildman–Crippen MR) is 91.2 cm³/mol. The Kier molecular flexibility index (Phi) is 4.06. The lowest BCUT2D eigenvalue weighted by molar-refractivity contribution is -0.149. The average molecular weight is 342 g/mol. The van der Waals surface area contributed by atoms with E-state index < -0.39 is 23.5 Å². The molecule has 3 atom stereocenters. The minimum Gasteiger partial charge on any atom is -0.453 e. The van der Waals surface area contributed by atoms with Gasteiger partial charge < -0.3 is 9.47 Å². The van der Waals surface area contributed by atoms with Gasteiger partial charge in [-0.15, -0.1) is 0 Å². The molecule has 3 rings (SSSR count). The molecule has 3 unspecified atom stereocenters. The van der Waals surface area contributed by atoms with E-state index in [1.807, 2.05) is 13.8 Å². The van der Waals surface area contributed by atoms with Crippen molar-refractivity contribution >= 4 is 17.7 Å². The van der Waals surface area contributed by atoms with Crippen LogP contribution in [0.4, 0.5) is 0 Å². The number of ketones is 1. The molecular formula is C20H22O5. The molecule has 0 saturated heterocycles. The van der Waals surface area contributed by atoms with E-state index in [0.717, 1.165) is 5.57 Å². The van der Waals surface area contributed by atoms with Gasteiger partial charge in [0, 0.05) is 28.6 Å². The van der Waals surface area contributed by atoms with Crippen molar-refractivity contribution in [2.45, 2.75) is 47.1 Å². The highest BCUT2D eigenvalue weighted by atomic mass is 16.6. The summed E-state index contributed by atoms with van der Waals surface area (Å²) >= 11 is 0. The minimum atomic E-state index is -0.671. The van der Waals surface area contributed by atoms with Crippen LogP contribution in [0, 0.1) is 11.3 Å². The van der Waals surface area contributed by atoms with Gasteiger partial charge in [-0.05, 0) is 44.4 Å². The van der Waals surface area contributed by atoms with Crippen LogP contribution in [0.2, 0.25) is 0 Å². The Morgan fingerprint density at radius 1 is 1.36 bits per heavy atom.